The molecule has 0 aromatic carbocycles. The van der Waals surface area contributed by atoms with Gasteiger partial charge in [0.05, 0.1) is 44.0 Å². The average molecular weight is 226 g/mol. The van der Waals surface area contributed by atoms with E-state index in [-0.39, 0.29) is 17.2 Å². The molecule has 0 radical (unpaired) electrons. The molecule has 0 aliphatic heterocycles. The number of pyridine rings is 1. The molecule has 88 valence electrons. The molecule has 4 N–H and O–H groups in total. The van der Waals surface area contributed by atoms with Crippen LogP contribution in [-0.2, 0) is 0 Å². The predicted octanol–water partition coefficient (Wildman–Crippen LogP) is -0.872. The Kier molecular flexibility index (Phi) is 4.01. The molecule has 0 saturated carbocycles. The number of aromatic nitrogens is 1. The molecule has 0 bridgehead atoms. The highest BCUT2D eigenvalue weighted by atomic mass is 16.6. The van der Waals surface area contributed by atoms with E-state index in [2.05, 4.69) is 10.3 Å². The molecular formula is C9H16N5O2+. The van der Waals surface area contributed by atoms with Crippen LogP contribution in [0.5, 0.6) is 0 Å². The lowest BCUT2D eigenvalue weighted by Crippen LogP contribution is -3.06. The summed E-state index contributed by atoms with van der Waals surface area (Å²) in [4.78, 5) is 15.4. The normalized spacial score (nSPS) is 10.4. The van der Waals surface area contributed by atoms with Gasteiger partial charge in [0.25, 0.3) is 0 Å². The topological polar surface area (TPSA) is 98.5 Å². The van der Waals surface area contributed by atoms with E-state index in [4.69, 9.17) is 5.73 Å². The van der Waals surface area contributed by atoms with Gasteiger partial charge in [-0.2, -0.15) is 0 Å². The van der Waals surface area contributed by atoms with Crippen LogP contribution in [-0.4, -0.2) is 37.1 Å². The molecule has 0 aliphatic rings. The van der Waals surface area contributed by atoms with Gasteiger partial charge in [-0.05, 0) is 0 Å². The van der Waals surface area contributed by atoms with Crippen LogP contribution in [0.2, 0.25) is 0 Å². The van der Waals surface area contributed by atoms with Crippen LogP contribution in [0.15, 0.2) is 12.3 Å². The van der Waals surface area contributed by atoms with Gasteiger partial charge in [0.15, 0.2) is 0 Å². The summed E-state index contributed by atoms with van der Waals surface area (Å²) in [5.41, 5.74) is 5.64. The molecule has 1 heterocycles. The molecule has 0 aliphatic carbocycles. The Bertz CT molecular complexity index is 380. The van der Waals surface area contributed by atoms with E-state index in [1.807, 2.05) is 14.1 Å². The molecule has 0 atom stereocenters. The van der Waals surface area contributed by atoms with Crippen LogP contribution < -0.4 is 16.0 Å². The van der Waals surface area contributed by atoms with Gasteiger partial charge in [-0.25, -0.2) is 4.98 Å². The van der Waals surface area contributed by atoms with E-state index in [9.17, 15) is 10.1 Å². The first-order valence-corrected chi connectivity index (χ1v) is 4.93. The van der Waals surface area contributed by atoms with Gasteiger partial charge in [-0.3, -0.25) is 10.1 Å². The predicted molar refractivity (Wildman–Crippen MR) is 61.5 cm³/mol. The van der Waals surface area contributed by atoms with Crippen molar-refractivity contribution >= 4 is 17.2 Å². The minimum atomic E-state index is -0.492. The number of hydrogen-bond donors (Lipinski definition) is 3. The third kappa shape index (κ3) is 3.35. The molecule has 1 aromatic heterocycles. The van der Waals surface area contributed by atoms with Crippen molar-refractivity contribution in [3.8, 4) is 0 Å². The van der Waals surface area contributed by atoms with Gasteiger partial charge in [0, 0.05) is 6.07 Å². The summed E-state index contributed by atoms with van der Waals surface area (Å²) >= 11 is 0. The quantitative estimate of drug-likeness (QED) is 0.447. The van der Waals surface area contributed by atoms with Gasteiger partial charge in [0.1, 0.15) is 0 Å². The minimum absolute atomic E-state index is 0.0891. The Morgan fingerprint density at radius 1 is 1.62 bits per heavy atom. The highest BCUT2D eigenvalue weighted by Crippen LogP contribution is 2.23. The lowest BCUT2D eigenvalue weighted by atomic mass is 10.3. The van der Waals surface area contributed by atoms with E-state index in [1.54, 1.807) is 0 Å². The largest absolute Gasteiger partial charge is 0.397 e. The minimum Gasteiger partial charge on any atom is -0.397 e. The van der Waals surface area contributed by atoms with E-state index in [0.29, 0.717) is 6.54 Å². The Balaban J connectivity index is 2.75. The summed E-state index contributed by atoms with van der Waals surface area (Å²) in [6, 6.07) is 1.30. The van der Waals surface area contributed by atoms with Crippen LogP contribution in [0.3, 0.4) is 0 Å². The monoisotopic (exact) mass is 226 g/mol. The Morgan fingerprint density at radius 3 is 2.88 bits per heavy atom. The van der Waals surface area contributed by atoms with Crippen LogP contribution in [0.25, 0.3) is 0 Å². The molecule has 16 heavy (non-hydrogen) atoms. The number of rotatable bonds is 5. The van der Waals surface area contributed by atoms with E-state index in [1.165, 1.54) is 17.2 Å². The molecule has 1 rings (SSSR count). The number of hydrogen-bond acceptors (Lipinski definition) is 5. The second-order valence-electron chi connectivity index (χ2n) is 3.78. The molecule has 0 saturated heterocycles. The maximum Gasteiger partial charge on any atom is 0.313 e. The van der Waals surface area contributed by atoms with Crippen molar-refractivity contribution in [2.45, 2.75) is 0 Å². The maximum absolute atomic E-state index is 10.7. The fourth-order valence-electron chi connectivity index (χ4n) is 1.17. The first-order chi connectivity index (χ1) is 7.50. The number of nitrogens with two attached hydrogens (primary N) is 1. The molecule has 7 nitrogen and oxygen atoms in total. The smallest absolute Gasteiger partial charge is 0.313 e. The van der Waals surface area contributed by atoms with E-state index < -0.39 is 4.92 Å². The van der Waals surface area contributed by atoms with Gasteiger partial charge in [-0.1, -0.05) is 0 Å². The number of nitrogens with one attached hydrogen (secondary N) is 2. The Morgan fingerprint density at radius 2 is 2.31 bits per heavy atom. The summed E-state index contributed by atoms with van der Waals surface area (Å²) in [5.74, 6) is 0.264. The Hall–Kier alpha value is -1.89. The summed E-state index contributed by atoms with van der Waals surface area (Å²) in [5, 5.41) is 13.7. The van der Waals surface area contributed by atoms with Crippen molar-refractivity contribution in [2.75, 3.05) is 38.2 Å². The SMILES string of the molecule is C[NH+](C)CCNc1ncc(N)cc1[N+](=O)[O-]. The first kappa shape index (κ1) is 12.2. The average Bonchev–Trinajstić information content (AvgIpc) is 2.19. The third-order valence-corrected chi connectivity index (χ3v) is 2.00. The molecule has 1 aromatic rings. The maximum atomic E-state index is 10.7. The standard InChI is InChI=1S/C9H15N5O2/c1-13(2)4-3-11-9-8(14(15)16)5-7(10)6-12-9/h5-6H,3-4,10H2,1-2H3,(H,11,12)/p+1. The summed E-state index contributed by atoms with van der Waals surface area (Å²) in [7, 11) is 4.01. The number of quaternary nitrogens is 1. The second-order valence-corrected chi connectivity index (χ2v) is 3.78. The highest BCUT2D eigenvalue weighted by Gasteiger charge is 2.15. The highest BCUT2D eigenvalue weighted by molar-refractivity contribution is 5.61. The summed E-state index contributed by atoms with van der Waals surface area (Å²) in [6.07, 6.45) is 1.40. The summed E-state index contributed by atoms with van der Waals surface area (Å²) < 4.78 is 0. The zero-order chi connectivity index (χ0) is 12.1. The van der Waals surface area contributed by atoms with Gasteiger partial charge >= 0.3 is 5.69 Å². The van der Waals surface area contributed by atoms with Crippen molar-refractivity contribution in [3.05, 3.63) is 22.4 Å². The number of anilines is 2. The lowest BCUT2D eigenvalue weighted by molar-refractivity contribution is -0.856. The van der Waals surface area contributed by atoms with Crippen molar-refractivity contribution in [1.82, 2.24) is 4.98 Å². The zero-order valence-electron chi connectivity index (χ0n) is 9.36. The van der Waals surface area contributed by atoms with Crippen LogP contribution >= 0.6 is 0 Å². The number of nitro groups is 1. The fourth-order valence-corrected chi connectivity index (χ4v) is 1.17. The van der Waals surface area contributed by atoms with Crippen LogP contribution in [0, 0.1) is 10.1 Å². The molecule has 0 unspecified atom stereocenters. The molecule has 0 fully saturated rings. The van der Waals surface area contributed by atoms with Crippen molar-refractivity contribution < 1.29 is 9.82 Å². The van der Waals surface area contributed by atoms with Gasteiger partial charge in [0.2, 0.25) is 5.82 Å². The zero-order valence-corrected chi connectivity index (χ0v) is 9.36. The number of nitrogens with zero attached hydrogens (tertiary/aromatic N) is 2. The Labute approximate surface area is 93.4 Å². The summed E-state index contributed by atoms with van der Waals surface area (Å²) in [6.45, 7) is 1.48. The first-order valence-electron chi connectivity index (χ1n) is 4.93. The molecule has 0 amide bonds. The van der Waals surface area contributed by atoms with E-state index in [0.717, 1.165) is 6.54 Å². The number of likely N-dealkylation sites (N-methyl/N-ethyl adjacent to an activating group) is 1. The molecular weight excluding hydrogens is 210 g/mol. The van der Waals surface area contributed by atoms with Gasteiger partial charge in [-0.15, -0.1) is 0 Å². The molecule has 7 heteroatoms. The fraction of sp³-hybridized carbons (Fsp3) is 0.444. The lowest BCUT2D eigenvalue weighted by Gasteiger charge is -2.09. The molecule has 0 spiro atoms. The van der Waals surface area contributed by atoms with Crippen molar-refractivity contribution in [3.63, 3.8) is 0 Å². The van der Waals surface area contributed by atoms with Crippen molar-refractivity contribution in [2.24, 2.45) is 0 Å². The number of nitrogen functional groups attached to an aromatic ring is 1. The van der Waals surface area contributed by atoms with Crippen LogP contribution in [0.4, 0.5) is 17.2 Å². The second kappa shape index (κ2) is 5.26. The van der Waals surface area contributed by atoms with Crippen LogP contribution in [0.1, 0.15) is 0 Å². The van der Waals surface area contributed by atoms with Crippen molar-refractivity contribution in [1.29, 1.82) is 0 Å². The van der Waals surface area contributed by atoms with Gasteiger partial charge < -0.3 is 16.0 Å². The van der Waals surface area contributed by atoms with E-state index >= 15 is 0 Å². The third-order valence-electron chi connectivity index (χ3n) is 2.00.